The molecule has 1 aromatic carbocycles. The van der Waals surface area contributed by atoms with E-state index in [0.29, 0.717) is 0 Å². The Morgan fingerprint density at radius 1 is 1.22 bits per heavy atom. The molecule has 90 valence electrons. The monoisotopic (exact) mass is 254 g/mol. The van der Waals surface area contributed by atoms with Crippen molar-refractivity contribution in [3.63, 3.8) is 0 Å². The molecule has 1 aromatic heterocycles. The smallest absolute Gasteiger partial charge is 0.102 e. The largest absolute Gasteiger partial charge is 0.250 e. The van der Waals surface area contributed by atoms with Crippen molar-refractivity contribution in [3.05, 3.63) is 59.8 Å². The molecule has 0 N–H and O–H groups in total. The Balaban J connectivity index is 2.02. The quantitative estimate of drug-likeness (QED) is 0.782. The van der Waals surface area contributed by atoms with Gasteiger partial charge in [0.1, 0.15) is 5.25 Å². The Morgan fingerprint density at radius 3 is 2.61 bits per heavy atom. The van der Waals surface area contributed by atoms with Crippen LogP contribution in [0.1, 0.15) is 11.1 Å². The summed E-state index contributed by atoms with van der Waals surface area (Å²) in [7, 11) is 0. The fraction of sp³-hybridized carbons (Fsp3) is 0.200. The lowest BCUT2D eigenvalue weighted by molar-refractivity contribution is 1.01. The van der Waals surface area contributed by atoms with Crippen LogP contribution in [-0.2, 0) is 6.42 Å². The lowest BCUT2D eigenvalue weighted by atomic mass is 10.1. The third-order valence-corrected chi connectivity index (χ3v) is 3.63. The van der Waals surface area contributed by atoms with Crippen LogP contribution in [-0.4, -0.2) is 10.2 Å². The van der Waals surface area contributed by atoms with Gasteiger partial charge in [0.25, 0.3) is 0 Å². The van der Waals surface area contributed by atoms with E-state index >= 15 is 0 Å². The second-order valence-electron chi connectivity index (χ2n) is 4.09. The van der Waals surface area contributed by atoms with E-state index in [-0.39, 0.29) is 5.25 Å². The van der Waals surface area contributed by atoms with Crippen molar-refractivity contribution in [1.82, 2.24) is 4.98 Å². The first-order valence-electron chi connectivity index (χ1n) is 5.81. The van der Waals surface area contributed by atoms with E-state index in [1.807, 2.05) is 18.2 Å². The first-order chi connectivity index (χ1) is 8.78. The van der Waals surface area contributed by atoms with Crippen molar-refractivity contribution in [3.8, 4) is 6.07 Å². The van der Waals surface area contributed by atoms with Crippen LogP contribution in [0.3, 0.4) is 0 Å². The van der Waals surface area contributed by atoms with Gasteiger partial charge in [0.2, 0.25) is 0 Å². The number of hydrogen-bond acceptors (Lipinski definition) is 3. The van der Waals surface area contributed by atoms with E-state index in [9.17, 15) is 5.26 Å². The molecular weight excluding hydrogens is 240 g/mol. The highest BCUT2D eigenvalue weighted by Gasteiger charge is 2.10. The average molecular weight is 254 g/mol. The Morgan fingerprint density at radius 2 is 2.00 bits per heavy atom. The number of pyridine rings is 1. The maximum absolute atomic E-state index is 9.20. The second kappa shape index (κ2) is 6.23. The van der Waals surface area contributed by atoms with Crippen LogP contribution in [0.2, 0.25) is 0 Å². The molecule has 18 heavy (non-hydrogen) atoms. The van der Waals surface area contributed by atoms with E-state index in [0.717, 1.165) is 11.4 Å². The molecule has 2 rings (SSSR count). The molecule has 0 aliphatic rings. The van der Waals surface area contributed by atoms with Crippen LogP contribution in [0.25, 0.3) is 0 Å². The molecule has 1 atom stereocenters. The van der Waals surface area contributed by atoms with E-state index in [4.69, 9.17) is 0 Å². The van der Waals surface area contributed by atoms with Gasteiger partial charge in [-0.2, -0.15) is 5.26 Å². The number of nitrogens with zero attached hydrogens (tertiary/aromatic N) is 2. The molecule has 0 saturated carbocycles. The zero-order valence-electron chi connectivity index (χ0n) is 10.2. The predicted octanol–water partition coefficient (Wildman–Crippen LogP) is 3.62. The third-order valence-electron chi connectivity index (χ3n) is 2.59. The SMILES string of the molecule is Cc1ccc(CC(C#N)Sc2ccccn2)cc1. The minimum absolute atomic E-state index is 0.0948. The van der Waals surface area contributed by atoms with Gasteiger partial charge in [0.05, 0.1) is 11.1 Å². The highest BCUT2D eigenvalue weighted by molar-refractivity contribution is 8.00. The summed E-state index contributed by atoms with van der Waals surface area (Å²) < 4.78 is 0. The average Bonchev–Trinajstić information content (AvgIpc) is 2.41. The van der Waals surface area contributed by atoms with Crippen LogP contribution in [0.4, 0.5) is 0 Å². The van der Waals surface area contributed by atoms with Gasteiger partial charge in [0, 0.05) is 6.20 Å². The predicted molar refractivity (Wildman–Crippen MR) is 74.4 cm³/mol. The molecule has 0 aliphatic carbocycles. The molecule has 1 heterocycles. The summed E-state index contributed by atoms with van der Waals surface area (Å²) in [4.78, 5) is 4.23. The zero-order valence-corrected chi connectivity index (χ0v) is 11.0. The lowest BCUT2D eigenvalue weighted by Gasteiger charge is -2.08. The first-order valence-corrected chi connectivity index (χ1v) is 6.69. The molecule has 0 bridgehead atoms. The van der Waals surface area contributed by atoms with Gasteiger partial charge in [-0.05, 0) is 31.0 Å². The fourth-order valence-corrected chi connectivity index (χ4v) is 2.51. The van der Waals surface area contributed by atoms with E-state index in [1.54, 1.807) is 6.20 Å². The third kappa shape index (κ3) is 3.61. The Hall–Kier alpha value is -1.79. The van der Waals surface area contributed by atoms with Crippen LogP contribution in [0.5, 0.6) is 0 Å². The van der Waals surface area contributed by atoms with Crippen LogP contribution in [0.15, 0.2) is 53.7 Å². The van der Waals surface area contributed by atoms with E-state index < -0.39 is 0 Å². The van der Waals surface area contributed by atoms with E-state index in [2.05, 4.69) is 42.2 Å². The molecular formula is C15H14N2S. The Kier molecular flexibility index (Phi) is 4.38. The maximum Gasteiger partial charge on any atom is 0.102 e. The van der Waals surface area contributed by atoms with Gasteiger partial charge in [-0.25, -0.2) is 4.98 Å². The van der Waals surface area contributed by atoms with Gasteiger partial charge in [-0.15, -0.1) is 0 Å². The van der Waals surface area contributed by atoms with Gasteiger partial charge in [0.15, 0.2) is 0 Å². The van der Waals surface area contributed by atoms with Crippen molar-refractivity contribution in [2.75, 3.05) is 0 Å². The number of aromatic nitrogens is 1. The lowest BCUT2D eigenvalue weighted by Crippen LogP contribution is -2.04. The van der Waals surface area contributed by atoms with Gasteiger partial charge in [-0.1, -0.05) is 47.7 Å². The molecule has 0 amide bonds. The summed E-state index contributed by atoms with van der Waals surface area (Å²) in [6.07, 6.45) is 2.50. The number of rotatable bonds is 4. The van der Waals surface area contributed by atoms with Gasteiger partial charge < -0.3 is 0 Å². The van der Waals surface area contributed by atoms with Gasteiger partial charge >= 0.3 is 0 Å². The number of benzene rings is 1. The van der Waals surface area contributed by atoms with Crippen LogP contribution < -0.4 is 0 Å². The van der Waals surface area contributed by atoms with Crippen molar-refractivity contribution >= 4 is 11.8 Å². The number of hydrogen-bond donors (Lipinski definition) is 0. The molecule has 3 heteroatoms. The first kappa shape index (κ1) is 12.7. The molecule has 0 saturated heterocycles. The Labute approximate surface area is 112 Å². The van der Waals surface area contributed by atoms with Gasteiger partial charge in [-0.3, -0.25) is 0 Å². The molecule has 0 radical (unpaired) electrons. The second-order valence-corrected chi connectivity index (χ2v) is 5.32. The summed E-state index contributed by atoms with van der Waals surface area (Å²) in [6, 6.07) is 16.4. The van der Waals surface area contributed by atoms with Crippen molar-refractivity contribution in [2.24, 2.45) is 0 Å². The van der Waals surface area contributed by atoms with Crippen LogP contribution >= 0.6 is 11.8 Å². The van der Waals surface area contributed by atoms with Crippen molar-refractivity contribution in [1.29, 1.82) is 5.26 Å². The summed E-state index contributed by atoms with van der Waals surface area (Å²) in [5.41, 5.74) is 2.43. The minimum Gasteiger partial charge on any atom is -0.250 e. The number of thioether (sulfide) groups is 1. The minimum atomic E-state index is -0.0948. The summed E-state index contributed by atoms with van der Waals surface area (Å²) in [6.45, 7) is 2.06. The topological polar surface area (TPSA) is 36.7 Å². The molecule has 0 fully saturated rings. The van der Waals surface area contributed by atoms with Crippen molar-refractivity contribution in [2.45, 2.75) is 23.6 Å². The standard InChI is InChI=1S/C15H14N2S/c1-12-5-7-13(8-6-12)10-14(11-16)18-15-4-2-3-9-17-15/h2-9,14H,10H2,1H3. The summed E-state index contributed by atoms with van der Waals surface area (Å²) in [5, 5.41) is 10.0. The number of nitriles is 1. The highest BCUT2D eigenvalue weighted by atomic mass is 32.2. The van der Waals surface area contributed by atoms with Crippen LogP contribution in [0, 0.1) is 18.3 Å². The zero-order chi connectivity index (χ0) is 12.8. The summed E-state index contributed by atoms with van der Waals surface area (Å²) >= 11 is 1.52. The fourth-order valence-electron chi connectivity index (χ4n) is 1.61. The summed E-state index contributed by atoms with van der Waals surface area (Å²) in [5.74, 6) is 0. The normalized spacial score (nSPS) is 11.8. The molecule has 0 aliphatic heterocycles. The molecule has 2 aromatic rings. The number of aryl methyl sites for hydroxylation is 1. The van der Waals surface area contributed by atoms with E-state index in [1.165, 1.54) is 22.9 Å². The Bertz CT molecular complexity index is 529. The molecule has 1 unspecified atom stereocenters. The molecule has 2 nitrogen and oxygen atoms in total. The maximum atomic E-state index is 9.20. The molecule has 0 spiro atoms. The van der Waals surface area contributed by atoms with Crippen molar-refractivity contribution < 1.29 is 0 Å². The highest BCUT2D eigenvalue weighted by Crippen LogP contribution is 2.23.